The second kappa shape index (κ2) is 5.68. The summed E-state index contributed by atoms with van der Waals surface area (Å²) in [5, 5.41) is 7.63. The Balaban J connectivity index is 1.66. The van der Waals surface area contributed by atoms with Crippen LogP contribution in [0.5, 0.6) is 0 Å². The Hall–Kier alpha value is -2.17. The molecule has 0 spiro atoms. The molecular weight excluding hydrogens is 266 g/mol. The van der Waals surface area contributed by atoms with Gasteiger partial charge < -0.3 is 4.90 Å². The number of aryl methyl sites for hydroxylation is 1. The Kier molecular flexibility index (Phi) is 3.73. The molecule has 1 amide bonds. The molecule has 0 saturated heterocycles. The van der Waals surface area contributed by atoms with E-state index < -0.39 is 0 Å². The third-order valence-corrected chi connectivity index (χ3v) is 4.12. The van der Waals surface area contributed by atoms with Crippen molar-refractivity contribution < 1.29 is 9.42 Å². The van der Waals surface area contributed by atoms with Crippen molar-refractivity contribution in [1.29, 1.82) is 0 Å². The van der Waals surface area contributed by atoms with E-state index in [1.54, 1.807) is 0 Å². The minimum Gasteiger partial charge on any atom is -0.337 e. The van der Waals surface area contributed by atoms with Crippen LogP contribution in [0.15, 0.2) is 35.0 Å². The first-order valence-electron chi connectivity index (χ1n) is 7.32. The molecule has 1 aromatic heterocycles. The van der Waals surface area contributed by atoms with Crippen LogP contribution < -0.4 is 0 Å². The van der Waals surface area contributed by atoms with Gasteiger partial charge in [-0.05, 0) is 31.7 Å². The van der Waals surface area contributed by atoms with Gasteiger partial charge in [-0.1, -0.05) is 40.6 Å². The average Bonchev–Trinajstić information content (AvgIpc) is 3.22. The summed E-state index contributed by atoms with van der Waals surface area (Å²) in [7, 11) is 0. The fourth-order valence-corrected chi connectivity index (χ4v) is 2.69. The van der Waals surface area contributed by atoms with Gasteiger partial charge in [0.05, 0.1) is 6.54 Å². The highest BCUT2D eigenvalue weighted by atomic mass is 16.6. The van der Waals surface area contributed by atoms with E-state index in [-0.39, 0.29) is 11.8 Å². The molecule has 0 N–H and O–H groups in total. The summed E-state index contributed by atoms with van der Waals surface area (Å²) in [6, 6.07) is 10.2. The van der Waals surface area contributed by atoms with Gasteiger partial charge in [0.1, 0.15) is 11.4 Å². The summed E-state index contributed by atoms with van der Waals surface area (Å²) in [6.45, 7) is 4.97. The van der Waals surface area contributed by atoms with E-state index in [2.05, 4.69) is 22.4 Å². The lowest BCUT2D eigenvalue weighted by Gasteiger charge is -2.19. The van der Waals surface area contributed by atoms with Crippen molar-refractivity contribution in [3.8, 4) is 0 Å². The fraction of sp³-hybridized carbons (Fsp3) is 0.438. The number of hydrogen-bond acceptors (Lipinski definition) is 4. The molecular formula is C16H19N3O2. The van der Waals surface area contributed by atoms with Gasteiger partial charge in [0.15, 0.2) is 0 Å². The molecule has 5 heteroatoms. The van der Waals surface area contributed by atoms with Crippen molar-refractivity contribution >= 4 is 5.91 Å². The molecule has 5 nitrogen and oxygen atoms in total. The molecule has 0 bridgehead atoms. The molecule has 1 aliphatic rings. The van der Waals surface area contributed by atoms with Gasteiger partial charge in [-0.3, -0.25) is 4.79 Å². The Labute approximate surface area is 123 Å². The average molecular weight is 285 g/mol. The molecule has 1 saturated carbocycles. The van der Waals surface area contributed by atoms with Gasteiger partial charge >= 0.3 is 0 Å². The molecule has 0 radical (unpaired) electrons. The number of carbonyl (C=O) groups excluding carboxylic acids is 1. The highest BCUT2D eigenvalue weighted by Gasteiger charge is 2.45. The van der Waals surface area contributed by atoms with E-state index in [0.29, 0.717) is 19.0 Å². The number of carbonyl (C=O) groups is 1. The van der Waals surface area contributed by atoms with Crippen molar-refractivity contribution in [3.63, 3.8) is 0 Å². The van der Waals surface area contributed by atoms with E-state index in [9.17, 15) is 4.79 Å². The number of rotatable bonds is 5. The van der Waals surface area contributed by atoms with Crippen molar-refractivity contribution in [3.05, 3.63) is 47.3 Å². The van der Waals surface area contributed by atoms with E-state index in [4.69, 9.17) is 4.63 Å². The Morgan fingerprint density at radius 3 is 2.71 bits per heavy atom. The number of benzene rings is 1. The molecule has 1 heterocycles. The summed E-state index contributed by atoms with van der Waals surface area (Å²) in [4.78, 5) is 14.4. The van der Waals surface area contributed by atoms with Crippen molar-refractivity contribution in [2.75, 3.05) is 6.54 Å². The normalized spacial score (nSPS) is 20.3. The predicted molar refractivity (Wildman–Crippen MR) is 77.4 cm³/mol. The van der Waals surface area contributed by atoms with Gasteiger partial charge in [0.2, 0.25) is 5.91 Å². The third kappa shape index (κ3) is 2.82. The maximum atomic E-state index is 12.6. The maximum absolute atomic E-state index is 12.6. The minimum atomic E-state index is 0.104. The molecule has 1 aliphatic carbocycles. The summed E-state index contributed by atoms with van der Waals surface area (Å²) < 4.78 is 4.70. The summed E-state index contributed by atoms with van der Waals surface area (Å²) in [5.74, 6) is 0.672. The van der Waals surface area contributed by atoms with Crippen molar-refractivity contribution in [2.24, 2.45) is 5.92 Å². The van der Waals surface area contributed by atoms with Crippen LogP contribution in [0.1, 0.15) is 36.2 Å². The summed E-state index contributed by atoms with van der Waals surface area (Å²) in [5.41, 5.74) is 2.74. The first-order chi connectivity index (χ1) is 10.2. The standard InChI is InChI=1S/C16H19N3O2/c1-3-19(10-15-11(2)17-21-18-15)16(20)14-9-13(14)12-7-5-4-6-8-12/h4-8,13-14H,3,9-10H2,1-2H3/t13-,14-/m0/s1. The third-order valence-electron chi connectivity index (χ3n) is 4.12. The molecule has 2 atom stereocenters. The van der Waals surface area contributed by atoms with Crippen molar-refractivity contribution in [2.45, 2.75) is 32.7 Å². The topological polar surface area (TPSA) is 59.2 Å². The predicted octanol–water partition coefficient (Wildman–Crippen LogP) is 2.53. The quantitative estimate of drug-likeness (QED) is 0.847. The van der Waals surface area contributed by atoms with E-state index >= 15 is 0 Å². The molecule has 1 aromatic carbocycles. The van der Waals surface area contributed by atoms with Crippen LogP contribution in [0.2, 0.25) is 0 Å². The molecule has 110 valence electrons. The molecule has 1 fully saturated rings. The molecule has 2 aromatic rings. The van der Waals surface area contributed by atoms with Crippen LogP contribution in [0.4, 0.5) is 0 Å². The zero-order valence-electron chi connectivity index (χ0n) is 12.3. The van der Waals surface area contributed by atoms with Crippen LogP contribution in [-0.4, -0.2) is 27.7 Å². The molecule has 0 aliphatic heterocycles. The summed E-state index contributed by atoms with van der Waals surface area (Å²) in [6.07, 6.45) is 0.940. The highest BCUT2D eigenvalue weighted by Crippen LogP contribution is 2.48. The van der Waals surface area contributed by atoms with Gasteiger partial charge in [-0.25, -0.2) is 4.63 Å². The van der Waals surface area contributed by atoms with E-state index in [1.807, 2.05) is 36.9 Å². The maximum Gasteiger partial charge on any atom is 0.226 e. The fourth-order valence-electron chi connectivity index (χ4n) is 2.69. The Bertz CT molecular complexity index is 623. The monoisotopic (exact) mass is 285 g/mol. The Morgan fingerprint density at radius 2 is 2.10 bits per heavy atom. The summed E-state index contributed by atoms with van der Waals surface area (Å²) >= 11 is 0. The molecule has 21 heavy (non-hydrogen) atoms. The minimum absolute atomic E-state index is 0.104. The zero-order valence-corrected chi connectivity index (χ0v) is 12.3. The zero-order chi connectivity index (χ0) is 14.8. The number of amides is 1. The number of nitrogens with zero attached hydrogens (tertiary/aromatic N) is 3. The molecule has 0 unspecified atom stereocenters. The van der Waals surface area contributed by atoms with Crippen LogP contribution in [0.25, 0.3) is 0 Å². The van der Waals surface area contributed by atoms with Crippen LogP contribution >= 0.6 is 0 Å². The SMILES string of the molecule is CCN(Cc1nonc1C)C(=O)[C@H]1C[C@H]1c1ccccc1. The number of aromatic nitrogens is 2. The number of hydrogen-bond donors (Lipinski definition) is 0. The Morgan fingerprint density at radius 1 is 1.33 bits per heavy atom. The van der Waals surface area contributed by atoms with E-state index in [0.717, 1.165) is 17.8 Å². The largest absolute Gasteiger partial charge is 0.337 e. The van der Waals surface area contributed by atoms with Gasteiger partial charge in [0, 0.05) is 12.5 Å². The first kappa shape index (κ1) is 13.8. The highest BCUT2D eigenvalue weighted by molar-refractivity contribution is 5.83. The lowest BCUT2D eigenvalue weighted by atomic mass is 10.1. The van der Waals surface area contributed by atoms with E-state index in [1.165, 1.54) is 5.56 Å². The lowest BCUT2D eigenvalue weighted by Crippen LogP contribution is -2.32. The smallest absolute Gasteiger partial charge is 0.226 e. The lowest BCUT2D eigenvalue weighted by molar-refractivity contribution is -0.133. The second-order valence-corrected chi connectivity index (χ2v) is 5.51. The molecule has 3 rings (SSSR count). The van der Waals surface area contributed by atoms with Gasteiger partial charge in [-0.15, -0.1) is 0 Å². The van der Waals surface area contributed by atoms with Crippen molar-refractivity contribution in [1.82, 2.24) is 15.2 Å². The van der Waals surface area contributed by atoms with Gasteiger partial charge in [0.25, 0.3) is 0 Å². The second-order valence-electron chi connectivity index (χ2n) is 5.51. The van der Waals surface area contributed by atoms with Crippen LogP contribution in [-0.2, 0) is 11.3 Å². The van der Waals surface area contributed by atoms with Crippen LogP contribution in [0, 0.1) is 12.8 Å². The van der Waals surface area contributed by atoms with Gasteiger partial charge in [-0.2, -0.15) is 0 Å². The first-order valence-corrected chi connectivity index (χ1v) is 7.32. The van der Waals surface area contributed by atoms with Crippen LogP contribution in [0.3, 0.4) is 0 Å².